The molecule has 0 fully saturated rings. The second kappa shape index (κ2) is 6.74. The molecule has 1 atom stereocenters. The fraction of sp³-hybridized carbons (Fsp3) is 0.417. The van der Waals surface area contributed by atoms with Gasteiger partial charge in [0.25, 0.3) is 0 Å². The zero-order valence-corrected chi connectivity index (χ0v) is 9.67. The molecule has 5 nitrogen and oxygen atoms in total. The van der Waals surface area contributed by atoms with Crippen LogP contribution in [0.25, 0.3) is 0 Å². The van der Waals surface area contributed by atoms with Gasteiger partial charge in [-0.25, -0.2) is 0 Å². The van der Waals surface area contributed by atoms with Crippen LogP contribution in [0.15, 0.2) is 28.4 Å². The number of hydrogen-bond acceptors (Lipinski definition) is 5. The smallest absolute Gasteiger partial charge is 0.0911 e. The van der Waals surface area contributed by atoms with Gasteiger partial charge in [0.1, 0.15) is 0 Å². The maximum Gasteiger partial charge on any atom is 0.0911 e. The SMILES string of the molecule is CC(C#N)CN=Nc1cc(CO)ccc1CO. The van der Waals surface area contributed by atoms with Crippen molar-refractivity contribution in [3.8, 4) is 6.07 Å². The van der Waals surface area contributed by atoms with Gasteiger partial charge in [-0.3, -0.25) is 0 Å². The minimum Gasteiger partial charge on any atom is -0.392 e. The van der Waals surface area contributed by atoms with Crippen LogP contribution in [0, 0.1) is 17.2 Å². The summed E-state index contributed by atoms with van der Waals surface area (Å²) in [4.78, 5) is 0. The lowest BCUT2D eigenvalue weighted by Crippen LogP contribution is -1.93. The molecule has 0 saturated heterocycles. The van der Waals surface area contributed by atoms with E-state index in [-0.39, 0.29) is 19.1 Å². The number of hydrogen-bond donors (Lipinski definition) is 2. The highest BCUT2D eigenvalue weighted by Gasteiger charge is 2.03. The molecule has 0 aliphatic rings. The molecule has 0 aliphatic carbocycles. The van der Waals surface area contributed by atoms with E-state index in [2.05, 4.69) is 16.3 Å². The number of benzene rings is 1. The predicted octanol–water partition coefficient (Wildman–Crippen LogP) is 1.91. The van der Waals surface area contributed by atoms with Crippen molar-refractivity contribution in [3.05, 3.63) is 29.3 Å². The number of nitrogens with zero attached hydrogens (tertiary/aromatic N) is 3. The first-order valence-electron chi connectivity index (χ1n) is 5.32. The lowest BCUT2D eigenvalue weighted by atomic mass is 10.1. The maximum absolute atomic E-state index is 9.12. The first-order valence-corrected chi connectivity index (χ1v) is 5.32. The second-order valence-electron chi connectivity index (χ2n) is 3.73. The molecule has 1 aromatic carbocycles. The van der Waals surface area contributed by atoms with Crippen molar-refractivity contribution in [1.29, 1.82) is 5.26 Å². The van der Waals surface area contributed by atoms with Gasteiger partial charge in [-0.05, 0) is 18.6 Å². The van der Waals surface area contributed by atoms with E-state index in [0.29, 0.717) is 23.4 Å². The Kier molecular flexibility index (Phi) is 5.27. The molecule has 17 heavy (non-hydrogen) atoms. The normalized spacial score (nSPS) is 12.6. The highest BCUT2D eigenvalue weighted by atomic mass is 16.3. The van der Waals surface area contributed by atoms with E-state index in [0.717, 1.165) is 0 Å². The number of rotatable bonds is 5. The molecular formula is C12H15N3O2. The third kappa shape index (κ3) is 3.94. The van der Waals surface area contributed by atoms with Gasteiger partial charge in [0.2, 0.25) is 0 Å². The van der Waals surface area contributed by atoms with Crippen LogP contribution in [0.1, 0.15) is 18.1 Å². The van der Waals surface area contributed by atoms with Gasteiger partial charge in [0.05, 0.1) is 37.4 Å². The largest absolute Gasteiger partial charge is 0.392 e. The molecular weight excluding hydrogens is 218 g/mol. The van der Waals surface area contributed by atoms with Gasteiger partial charge in [0, 0.05) is 5.56 Å². The monoisotopic (exact) mass is 233 g/mol. The summed E-state index contributed by atoms with van der Waals surface area (Å²) < 4.78 is 0. The van der Waals surface area contributed by atoms with Crippen LogP contribution in [0.4, 0.5) is 5.69 Å². The third-order valence-corrected chi connectivity index (χ3v) is 2.26. The van der Waals surface area contributed by atoms with Crippen molar-refractivity contribution in [1.82, 2.24) is 0 Å². The van der Waals surface area contributed by atoms with Crippen molar-refractivity contribution >= 4 is 5.69 Å². The molecule has 0 saturated carbocycles. The summed E-state index contributed by atoms with van der Waals surface area (Å²) in [5.74, 6) is -0.183. The Bertz CT molecular complexity index is 438. The van der Waals surface area contributed by atoms with Gasteiger partial charge in [-0.15, -0.1) is 0 Å². The zero-order chi connectivity index (χ0) is 12.7. The van der Waals surface area contributed by atoms with E-state index in [1.54, 1.807) is 25.1 Å². The summed E-state index contributed by atoms with van der Waals surface area (Å²) in [5.41, 5.74) is 1.89. The Hall–Kier alpha value is -1.77. The van der Waals surface area contributed by atoms with Gasteiger partial charge in [0.15, 0.2) is 0 Å². The van der Waals surface area contributed by atoms with E-state index < -0.39 is 0 Å². The molecule has 5 heteroatoms. The van der Waals surface area contributed by atoms with Crippen molar-refractivity contribution in [3.63, 3.8) is 0 Å². The van der Waals surface area contributed by atoms with E-state index in [4.69, 9.17) is 15.5 Å². The Morgan fingerprint density at radius 3 is 2.71 bits per heavy atom. The number of aliphatic hydroxyl groups is 2. The number of nitriles is 1. The lowest BCUT2D eigenvalue weighted by molar-refractivity contribution is 0.278. The molecule has 0 aliphatic heterocycles. The van der Waals surface area contributed by atoms with Crippen LogP contribution < -0.4 is 0 Å². The molecule has 0 spiro atoms. The summed E-state index contributed by atoms with van der Waals surface area (Å²) in [5, 5.41) is 34.6. The van der Waals surface area contributed by atoms with E-state index >= 15 is 0 Å². The molecule has 0 aromatic heterocycles. The fourth-order valence-electron chi connectivity index (χ4n) is 1.21. The average molecular weight is 233 g/mol. The van der Waals surface area contributed by atoms with Gasteiger partial charge >= 0.3 is 0 Å². The summed E-state index contributed by atoms with van der Waals surface area (Å²) in [7, 11) is 0. The van der Waals surface area contributed by atoms with Crippen molar-refractivity contribution < 1.29 is 10.2 Å². The van der Waals surface area contributed by atoms with E-state index in [1.807, 2.05) is 0 Å². The first kappa shape index (κ1) is 13.3. The molecule has 90 valence electrons. The van der Waals surface area contributed by atoms with Crippen LogP contribution in [-0.2, 0) is 13.2 Å². The van der Waals surface area contributed by atoms with Crippen LogP contribution in [0.2, 0.25) is 0 Å². The van der Waals surface area contributed by atoms with E-state index in [9.17, 15) is 0 Å². The molecule has 1 aromatic rings. The Morgan fingerprint density at radius 2 is 2.12 bits per heavy atom. The standard InChI is InChI=1S/C12H15N3O2/c1-9(5-13)6-14-15-12-4-10(7-16)2-3-11(12)8-17/h2-4,9,16-17H,6-8H2,1H3. The quantitative estimate of drug-likeness (QED) is 0.761. The number of aliphatic hydroxyl groups excluding tert-OH is 2. The summed E-state index contributed by atoms with van der Waals surface area (Å²) in [6.07, 6.45) is 0. The minimum absolute atomic E-state index is 0.0805. The fourth-order valence-corrected chi connectivity index (χ4v) is 1.21. The molecule has 0 amide bonds. The Morgan fingerprint density at radius 1 is 1.35 bits per heavy atom. The zero-order valence-electron chi connectivity index (χ0n) is 9.67. The second-order valence-corrected chi connectivity index (χ2v) is 3.73. The highest BCUT2D eigenvalue weighted by Crippen LogP contribution is 2.21. The molecule has 0 bridgehead atoms. The van der Waals surface area contributed by atoms with Gasteiger partial charge in [-0.1, -0.05) is 12.1 Å². The summed E-state index contributed by atoms with van der Waals surface area (Å²) >= 11 is 0. The predicted molar refractivity (Wildman–Crippen MR) is 62.4 cm³/mol. The molecule has 0 radical (unpaired) electrons. The van der Waals surface area contributed by atoms with Crippen LogP contribution in [0.5, 0.6) is 0 Å². The highest BCUT2D eigenvalue weighted by molar-refractivity contribution is 5.47. The first-order chi connectivity index (χ1) is 8.21. The van der Waals surface area contributed by atoms with Gasteiger partial charge in [-0.2, -0.15) is 15.5 Å². The Balaban J connectivity index is 2.84. The van der Waals surface area contributed by atoms with Crippen LogP contribution >= 0.6 is 0 Å². The molecule has 0 heterocycles. The van der Waals surface area contributed by atoms with E-state index in [1.165, 1.54) is 0 Å². The molecule has 1 rings (SSSR count). The van der Waals surface area contributed by atoms with Crippen LogP contribution in [-0.4, -0.2) is 16.8 Å². The van der Waals surface area contributed by atoms with Crippen molar-refractivity contribution in [2.75, 3.05) is 6.54 Å². The Labute approximate surface area is 100 Å². The summed E-state index contributed by atoms with van der Waals surface area (Å²) in [6, 6.07) is 7.16. The minimum atomic E-state index is -0.183. The summed E-state index contributed by atoms with van der Waals surface area (Å²) in [6.45, 7) is 1.87. The topological polar surface area (TPSA) is 89.0 Å². The lowest BCUT2D eigenvalue weighted by Gasteiger charge is -2.04. The third-order valence-electron chi connectivity index (χ3n) is 2.26. The maximum atomic E-state index is 9.12. The van der Waals surface area contributed by atoms with Crippen LogP contribution in [0.3, 0.4) is 0 Å². The molecule has 2 N–H and O–H groups in total. The van der Waals surface area contributed by atoms with Crippen molar-refractivity contribution in [2.24, 2.45) is 16.1 Å². The van der Waals surface area contributed by atoms with Crippen molar-refractivity contribution in [2.45, 2.75) is 20.1 Å². The molecule has 1 unspecified atom stereocenters. The average Bonchev–Trinajstić information content (AvgIpc) is 2.38. The van der Waals surface area contributed by atoms with Gasteiger partial charge < -0.3 is 10.2 Å². The number of azo groups is 1.